The van der Waals surface area contributed by atoms with Gasteiger partial charge in [-0.2, -0.15) is 0 Å². The minimum atomic E-state index is -0.353. The molecular formula is C26H29N5O4. The van der Waals surface area contributed by atoms with E-state index in [9.17, 15) is 9.59 Å². The molecule has 3 aromatic rings. The van der Waals surface area contributed by atoms with Crippen LogP contribution in [0.1, 0.15) is 21.6 Å². The Bertz CT molecular complexity index is 1320. The number of rotatable bonds is 5. The molecule has 9 heteroatoms. The van der Waals surface area contributed by atoms with E-state index in [0.717, 1.165) is 60.6 Å². The molecule has 182 valence electrons. The zero-order chi connectivity index (χ0) is 24.5. The topological polar surface area (TPSA) is 98.9 Å². The van der Waals surface area contributed by atoms with Crippen LogP contribution in [-0.4, -0.2) is 74.0 Å². The fourth-order valence-corrected chi connectivity index (χ4v) is 4.49. The summed E-state index contributed by atoms with van der Waals surface area (Å²) in [5, 5.41) is 6.16. The number of benzene rings is 2. The molecule has 0 radical (unpaired) electrons. The first-order valence-electron chi connectivity index (χ1n) is 11.6. The number of Topliss-reactive ketones (excluding diaryl/α,β-unsaturated/α-hetero) is 1. The number of piperazine rings is 1. The molecule has 0 atom stereocenters. The van der Waals surface area contributed by atoms with Gasteiger partial charge in [0.2, 0.25) is 5.78 Å². The van der Waals surface area contributed by atoms with Gasteiger partial charge < -0.3 is 30.0 Å². The Morgan fingerprint density at radius 3 is 2.71 bits per heavy atom. The number of ether oxygens (including phenoxy) is 2. The number of H-pyrrole nitrogens is 1. The fourth-order valence-electron chi connectivity index (χ4n) is 4.49. The van der Waals surface area contributed by atoms with Gasteiger partial charge in [0.15, 0.2) is 5.76 Å². The van der Waals surface area contributed by atoms with E-state index in [1.54, 1.807) is 25.3 Å². The lowest BCUT2D eigenvalue weighted by atomic mass is 10.1. The number of hydrogen-bond donors (Lipinski definition) is 3. The van der Waals surface area contributed by atoms with Gasteiger partial charge in [0, 0.05) is 67.6 Å². The molecule has 1 fully saturated rings. The summed E-state index contributed by atoms with van der Waals surface area (Å²) < 4.78 is 11.4. The molecule has 1 saturated heterocycles. The van der Waals surface area contributed by atoms with Gasteiger partial charge in [0.1, 0.15) is 11.5 Å². The lowest BCUT2D eigenvalue weighted by molar-refractivity contribution is 0.101. The number of aromatic nitrogens is 1. The summed E-state index contributed by atoms with van der Waals surface area (Å²) in [4.78, 5) is 33.2. The smallest absolute Gasteiger partial charge is 0.318 e. The van der Waals surface area contributed by atoms with E-state index in [1.807, 2.05) is 24.3 Å². The number of allylic oxidation sites excluding steroid dienone is 1. The van der Waals surface area contributed by atoms with Crippen molar-refractivity contribution < 1.29 is 19.1 Å². The van der Waals surface area contributed by atoms with Gasteiger partial charge in [-0.1, -0.05) is 0 Å². The van der Waals surface area contributed by atoms with Crippen molar-refractivity contribution in [3.8, 4) is 11.5 Å². The van der Waals surface area contributed by atoms with Crippen LogP contribution in [0.25, 0.3) is 17.0 Å². The third-order valence-electron chi connectivity index (χ3n) is 6.53. The van der Waals surface area contributed by atoms with Crippen molar-refractivity contribution in [1.82, 2.24) is 20.1 Å². The number of amides is 2. The van der Waals surface area contributed by atoms with E-state index in [2.05, 4.69) is 32.5 Å². The van der Waals surface area contributed by atoms with Crippen LogP contribution in [0.3, 0.4) is 0 Å². The third-order valence-corrected chi connectivity index (χ3v) is 6.53. The number of urea groups is 1. The standard InChI is InChI=1S/C26H29N5O4/c1-27-26(33)28-16-4-7-23-20(12-16)25(32)24(35-23)14-19-18-13-17(34-3)5-6-21(18)29-22(19)15-31-10-8-30(2)9-11-31/h4-7,12-14,29H,8-11,15H2,1-3H3,(H2,27,28,33)/b24-14-. The molecule has 2 aliphatic heterocycles. The molecule has 9 nitrogen and oxygen atoms in total. The highest BCUT2D eigenvalue weighted by atomic mass is 16.5. The van der Waals surface area contributed by atoms with E-state index in [0.29, 0.717) is 17.0 Å². The number of nitrogens with one attached hydrogen (secondary N) is 3. The zero-order valence-corrected chi connectivity index (χ0v) is 20.1. The van der Waals surface area contributed by atoms with Crippen molar-refractivity contribution in [2.45, 2.75) is 6.54 Å². The Morgan fingerprint density at radius 1 is 1.17 bits per heavy atom. The second-order valence-electron chi connectivity index (χ2n) is 8.86. The maximum Gasteiger partial charge on any atom is 0.318 e. The highest BCUT2D eigenvalue weighted by Gasteiger charge is 2.29. The molecule has 0 spiro atoms. The first-order valence-corrected chi connectivity index (χ1v) is 11.6. The number of fused-ring (bicyclic) bond motifs is 2. The van der Waals surface area contributed by atoms with Crippen molar-refractivity contribution in [2.75, 3.05) is 52.7 Å². The number of anilines is 1. The summed E-state index contributed by atoms with van der Waals surface area (Å²) in [5.74, 6) is 1.25. The van der Waals surface area contributed by atoms with Gasteiger partial charge >= 0.3 is 6.03 Å². The van der Waals surface area contributed by atoms with Crippen LogP contribution in [0.15, 0.2) is 42.2 Å². The fraction of sp³-hybridized carbons (Fsp3) is 0.308. The molecule has 0 unspecified atom stereocenters. The molecule has 0 bridgehead atoms. The summed E-state index contributed by atoms with van der Waals surface area (Å²) in [7, 11) is 5.31. The summed E-state index contributed by atoms with van der Waals surface area (Å²) in [6, 6.07) is 10.6. The summed E-state index contributed by atoms with van der Waals surface area (Å²) in [5.41, 5.74) is 3.86. The van der Waals surface area contributed by atoms with Crippen LogP contribution in [0.2, 0.25) is 0 Å². The Balaban J connectivity index is 1.50. The van der Waals surface area contributed by atoms with Gasteiger partial charge in [0.05, 0.1) is 12.7 Å². The van der Waals surface area contributed by atoms with E-state index < -0.39 is 0 Å². The molecule has 35 heavy (non-hydrogen) atoms. The quantitative estimate of drug-likeness (QED) is 0.490. The molecule has 0 aliphatic carbocycles. The van der Waals surface area contributed by atoms with Crippen molar-refractivity contribution in [3.63, 3.8) is 0 Å². The summed E-state index contributed by atoms with van der Waals surface area (Å²) in [6.07, 6.45) is 1.82. The summed E-state index contributed by atoms with van der Waals surface area (Å²) in [6.45, 7) is 4.74. The number of carbonyl (C=O) groups is 2. The van der Waals surface area contributed by atoms with Gasteiger partial charge in [-0.25, -0.2) is 4.79 Å². The number of hydrogen-bond acceptors (Lipinski definition) is 6. The van der Waals surface area contributed by atoms with Crippen LogP contribution in [0.4, 0.5) is 10.5 Å². The molecule has 3 N–H and O–H groups in total. The SMILES string of the molecule is CNC(=O)Nc1ccc2c(c1)C(=O)/C(=C/c1c(CN3CCN(C)CC3)[nH]c3ccc(OC)cc13)O2. The van der Waals surface area contributed by atoms with Gasteiger partial charge in [-0.05, 0) is 49.5 Å². The average Bonchev–Trinajstić information content (AvgIpc) is 3.36. The van der Waals surface area contributed by atoms with Gasteiger partial charge in [-0.3, -0.25) is 9.69 Å². The van der Waals surface area contributed by atoms with Gasteiger partial charge in [0.25, 0.3) is 0 Å². The Labute approximate surface area is 203 Å². The highest BCUT2D eigenvalue weighted by molar-refractivity contribution is 6.16. The number of carbonyl (C=O) groups excluding carboxylic acids is 2. The highest BCUT2D eigenvalue weighted by Crippen LogP contribution is 2.36. The molecule has 2 aromatic carbocycles. The first kappa shape index (κ1) is 22.9. The van der Waals surface area contributed by atoms with Crippen LogP contribution in [0.5, 0.6) is 11.5 Å². The minimum absolute atomic E-state index is 0.219. The van der Waals surface area contributed by atoms with Crippen LogP contribution < -0.4 is 20.1 Å². The normalized spacial score (nSPS) is 17.5. The number of aromatic amines is 1. The lowest BCUT2D eigenvalue weighted by Crippen LogP contribution is -2.44. The monoisotopic (exact) mass is 475 g/mol. The van der Waals surface area contributed by atoms with Crippen molar-refractivity contribution in [1.29, 1.82) is 0 Å². The maximum absolute atomic E-state index is 13.3. The predicted octanol–water partition coefficient (Wildman–Crippen LogP) is 3.29. The number of nitrogens with zero attached hydrogens (tertiary/aromatic N) is 2. The van der Waals surface area contributed by atoms with E-state index in [1.165, 1.54) is 7.05 Å². The third kappa shape index (κ3) is 4.60. The van der Waals surface area contributed by atoms with Crippen LogP contribution in [0, 0.1) is 0 Å². The van der Waals surface area contributed by atoms with Crippen LogP contribution >= 0.6 is 0 Å². The number of likely N-dealkylation sites (N-methyl/N-ethyl adjacent to an activating group) is 1. The lowest BCUT2D eigenvalue weighted by Gasteiger charge is -2.32. The van der Waals surface area contributed by atoms with E-state index in [4.69, 9.17) is 9.47 Å². The van der Waals surface area contributed by atoms with E-state index in [-0.39, 0.29) is 17.6 Å². The zero-order valence-electron chi connectivity index (χ0n) is 20.1. The Morgan fingerprint density at radius 2 is 1.97 bits per heavy atom. The minimum Gasteiger partial charge on any atom is -0.497 e. The Kier molecular flexibility index (Phi) is 6.19. The molecule has 2 amide bonds. The largest absolute Gasteiger partial charge is 0.497 e. The molecular weight excluding hydrogens is 446 g/mol. The molecule has 5 rings (SSSR count). The van der Waals surface area contributed by atoms with Crippen LogP contribution in [-0.2, 0) is 6.54 Å². The van der Waals surface area contributed by atoms with Crippen molar-refractivity contribution in [3.05, 3.63) is 59.0 Å². The summed E-state index contributed by atoms with van der Waals surface area (Å²) >= 11 is 0. The maximum atomic E-state index is 13.3. The number of ketones is 1. The molecule has 0 saturated carbocycles. The predicted molar refractivity (Wildman–Crippen MR) is 135 cm³/mol. The van der Waals surface area contributed by atoms with Crippen molar-refractivity contribution in [2.24, 2.45) is 0 Å². The Hall–Kier alpha value is -3.82. The molecule has 2 aliphatic rings. The number of methoxy groups -OCH3 is 1. The molecule has 3 heterocycles. The molecule has 1 aromatic heterocycles. The average molecular weight is 476 g/mol. The second-order valence-corrected chi connectivity index (χ2v) is 8.86. The van der Waals surface area contributed by atoms with E-state index >= 15 is 0 Å². The van der Waals surface area contributed by atoms with Gasteiger partial charge in [-0.15, -0.1) is 0 Å². The first-order chi connectivity index (χ1) is 16.9. The second kappa shape index (κ2) is 9.44. The van der Waals surface area contributed by atoms with Crippen molar-refractivity contribution >= 4 is 34.5 Å².